The summed E-state index contributed by atoms with van der Waals surface area (Å²) in [6.07, 6.45) is 1.67. The van der Waals surface area contributed by atoms with Crippen molar-refractivity contribution in [3.05, 3.63) is 87.5 Å². The molecule has 0 aliphatic rings. The van der Waals surface area contributed by atoms with Crippen LogP contribution in [0.5, 0.6) is 0 Å². The number of hydrogen-bond acceptors (Lipinski definition) is 6. The number of pyridine rings is 2. The van der Waals surface area contributed by atoms with Gasteiger partial charge in [-0.15, -0.1) is 0 Å². The fraction of sp³-hybridized carbons (Fsp3) is 0.179. The number of rotatable bonds is 6. The van der Waals surface area contributed by atoms with E-state index in [1.54, 1.807) is 33.2 Å². The molecule has 0 radical (unpaired) electrons. The number of nitrogens with one attached hydrogen (secondary N) is 1. The van der Waals surface area contributed by atoms with Crippen LogP contribution in [-0.2, 0) is 13.6 Å². The molecule has 0 spiro atoms. The average Bonchev–Trinajstić information content (AvgIpc) is 3.39. The molecule has 4 aromatic heterocycles. The van der Waals surface area contributed by atoms with E-state index in [-0.39, 0.29) is 22.5 Å². The minimum Gasteiger partial charge on any atom is -0.381 e. The summed E-state index contributed by atoms with van der Waals surface area (Å²) in [7, 11) is 1.55. The zero-order valence-corrected chi connectivity index (χ0v) is 21.7. The summed E-state index contributed by atoms with van der Waals surface area (Å²) in [4.78, 5) is 46.4. The minimum atomic E-state index is -0.938. The molecule has 39 heavy (non-hydrogen) atoms. The Morgan fingerprint density at radius 1 is 1.13 bits per heavy atom. The maximum Gasteiger partial charge on any atom is 0.291 e. The zero-order chi connectivity index (χ0) is 28.0. The van der Waals surface area contributed by atoms with E-state index in [0.29, 0.717) is 34.8 Å². The summed E-state index contributed by atoms with van der Waals surface area (Å²) in [6.45, 7) is 5.97. The van der Waals surface area contributed by atoms with Crippen LogP contribution >= 0.6 is 0 Å². The van der Waals surface area contributed by atoms with E-state index >= 15 is 0 Å². The Morgan fingerprint density at radius 2 is 1.90 bits per heavy atom. The molecule has 0 saturated carbocycles. The molecule has 198 valence electrons. The van der Waals surface area contributed by atoms with Crippen molar-refractivity contribution in [3.63, 3.8) is 0 Å². The number of benzene rings is 1. The number of carbonyl (C=O) groups excluding carboxylic acids is 2. The van der Waals surface area contributed by atoms with E-state index in [2.05, 4.69) is 15.3 Å². The lowest BCUT2D eigenvalue weighted by Crippen LogP contribution is -2.18. The number of primary amides is 1. The fourth-order valence-electron chi connectivity index (χ4n) is 4.72. The number of amides is 2. The monoisotopic (exact) mass is 528 g/mol. The number of hydrogen-bond donors (Lipinski definition) is 2. The average molecular weight is 529 g/mol. The largest absolute Gasteiger partial charge is 0.381 e. The second kappa shape index (κ2) is 9.67. The number of fused-ring (bicyclic) bond motifs is 1. The Bertz CT molecular complexity index is 1830. The lowest BCUT2D eigenvalue weighted by molar-refractivity contribution is 0.0992. The van der Waals surface area contributed by atoms with Gasteiger partial charge in [-0.05, 0) is 63.2 Å². The second-order valence-corrected chi connectivity index (χ2v) is 9.09. The van der Waals surface area contributed by atoms with Gasteiger partial charge in [-0.3, -0.25) is 19.4 Å². The molecule has 11 heteroatoms. The van der Waals surface area contributed by atoms with Crippen molar-refractivity contribution in [2.24, 2.45) is 12.8 Å². The number of carbonyl (C=O) groups is 2. The van der Waals surface area contributed by atoms with Crippen molar-refractivity contribution in [2.75, 3.05) is 5.32 Å². The fourth-order valence-corrected chi connectivity index (χ4v) is 4.72. The first kappa shape index (κ1) is 25.6. The van der Waals surface area contributed by atoms with E-state index < -0.39 is 17.6 Å². The number of anilines is 1. The first-order valence-corrected chi connectivity index (χ1v) is 12.1. The van der Waals surface area contributed by atoms with Crippen LogP contribution in [0.2, 0.25) is 0 Å². The van der Waals surface area contributed by atoms with E-state index in [9.17, 15) is 18.8 Å². The Morgan fingerprint density at radius 3 is 2.51 bits per heavy atom. The second-order valence-electron chi connectivity index (χ2n) is 9.09. The molecule has 5 rings (SSSR count). The van der Waals surface area contributed by atoms with Crippen LogP contribution in [0.15, 0.2) is 58.0 Å². The smallest absolute Gasteiger partial charge is 0.291 e. The molecular weight excluding hydrogens is 503 g/mol. The van der Waals surface area contributed by atoms with Crippen LogP contribution in [0.4, 0.5) is 10.1 Å². The third-order valence-corrected chi connectivity index (χ3v) is 6.47. The van der Waals surface area contributed by atoms with Crippen LogP contribution in [0.3, 0.4) is 0 Å². The standard InChI is InChI=1S/C28H25FN6O4/c1-5-35-22(16-6-9-21(31-13-16)23-15(3)39-34(4)28(23)38)11-17-10-14(2)32-24(25(17)35)27(37)33-18-7-8-20(29)19(12-18)26(30)36/h6-13H,5H2,1-4H3,(H2,30,36)(H,33,37). The molecule has 1 aromatic carbocycles. The van der Waals surface area contributed by atoms with Crippen LogP contribution < -0.4 is 16.6 Å². The molecule has 0 aliphatic carbocycles. The summed E-state index contributed by atoms with van der Waals surface area (Å²) in [5.74, 6) is -1.76. The highest BCUT2D eigenvalue weighted by Crippen LogP contribution is 2.31. The number of nitrogens with two attached hydrogens (primary N) is 1. The van der Waals surface area contributed by atoms with E-state index in [4.69, 9.17) is 10.3 Å². The van der Waals surface area contributed by atoms with E-state index in [1.165, 1.54) is 12.1 Å². The van der Waals surface area contributed by atoms with Gasteiger partial charge in [0.05, 0.1) is 22.5 Å². The van der Waals surface area contributed by atoms with Crippen molar-refractivity contribution >= 4 is 28.4 Å². The number of aryl methyl sites for hydroxylation is 4. The van der Waals surface area contributed by atoms with Gasteiger partial charge in [0.15, 0.2) is 5.69 Å². The summed E-state index contributed by atoms with van der Waals surface area (Å²) in [5, 5.41) is 3.49. The topological polar surface area (TPSA) is 138 Å². The van der Waals surface area contributed by atoms with Crippen molar-refractivity contribution < 1.29 is 18.5 Å². The Labute approximate surface area is 221 Å². The first-order valence-electron chi connectivity index (χ1n) is 12.1. The zero-order valence-electron chi connectivity index (χ0n) is 21.7. The van der Waals surface area contributed by atoms with Gasteiger partial charge >= 0.3 is 0 Å². The summed E-state index contributed by atoms with van der Waals surface area (Å²) in [6, 6.07) is 11.1. The Kier molecular flexibility index (Phi) is 6.35. The Hall–Kier alpha value is -5.06. The molecule has 0 atom stereocenters. The van der Waals surface area contributed by atoms with Gasteiger partial charge in [-0.2, -0.15) is 4.74 Å². The molecule has 10 nitrogen and oxygen atoms in total. The molecular formula is C28H25FN6O4. The van der Waals surface area contributed by atoms with Gasteiger partial charge in [-0.1, -0.05) is 0 Å². The van der Waals surface area contributed by atoms with E-state index in [1.807, 2.05) is 29.7 Å². The number of aromatic nitrogens is 4. The Balaban J connectivity index is 1.57. The van der Waals surface area contributed by atoms with Gasteiger partial charge in [0.2, 0.25) is 0 Å². The maximum absolute atomic E-state index is 13.9. The quantitative estimate of drug-likeness (QED) is 0.339. The molecule has 0 unspecified atom stereocenters. The lowest BCUT2D eigenvalue weighted by atomic mass is 10.1. The number of nitrogens with zero attached hydrogens (tertiary/aromatic N) is 4. The summed E-state index contributed by atoms with van der Waals surface area (Å²) in [5.41, 5.74) is 8.75. The highest BCUT2D eigenvalue weighted by Gasteiger charge is 2.21. The van der Waals surface area contributed by atoms with Crippen LogP contribution in [0.25, 0.3) is 33.4 Å². The molecule has 0 bridgehead atoms. The SMILES string of the molecule is CCn1c(-c2ccc(-c3c(C)on(C)c3=O)nc2)cc2cc(C)nc(C(=O)Nc3ccc(F)c(C(N)=O)c3)c21. The molecule has 5 aromatic rings. The van der Waals surface area contributed by atoms with Gasteiger partial charge in [-0.25, -0.2) is 9.37 Å². The van der Waals surface area contributed by atoms with Crippen molar-refractivity contribution in [2.45, 2.75) is 27.3 Å². The van der Waals surface area contributed by atoms with Crippen molar-refractivity contribution in [1.29, 1.82) is 0 Å². The van der Waals surface area contributed by atoms with Crippen LogP contribution in [-0.4, -0.2) is 31.1 Å². The highest BCUT2D eigenvalue weighted by molar-refractivity contribution is 6.12. The minimum absolute atomic E-state index is 0.171. The van der Waals surface area contributed by atoms with Crippen LogP contribution in [0.1, 0.15) is 39.2 Å². The molecule has 0 fully saturated rings. The summed E-state index contributed by atoms with van der Waals surface area (Å²) >= 11 is 0. The predicted octanol–water partition coefficient (Wildman–Crippen LogP) is 4.18. The number of halogens is 1. The highest BCUT2D eigenvalue weighted by atomic mass is 19.1. The molecule has 0 saturated heterocycles. The molecule has 0 aliphatic heterocycles. The third-order valence-electron chi connectivity index (χ3n) is 6.47. The first-order chi connectivity index (χ1) is 18.6. The van der Waals surface area contributed by atoms with Crippen LogP contribution in [0, 0.1) is 19.7 Å². The van der Waals surface area contributed by atoms with Crippen molar-refractivity contribution in [3.8, 4) is 22.5 Å². The molecule has 3 N–H and O–H groups in total. The van der Waals surface area contributed by atoms with Gasteiger partial charge in [0.1, 0.15) is 17.1 Å². The third kappa shape index (κ3) is 4.48. The normalized spacial score (nSPS) is 11.2. The summed E-state index contributed by atoms with van der Waals surface area (Å²) < 4.78 is 22.4. The van der Waals surface area contributed by atoms with Gasteiger partial charge in [0.25, 0.3) is 17.4 Å². The van der Waals surface area contributed by atoms with Crippen molar-refractivity contribution in [1.82, 2.24) is 19.3 Å². The molecule has 2 amide bonds. The lowest BCUT2D eigenvalue weighted by Gasteiger charge is -2.12. The molecule has 4 heterocycles. The predicted molar refractivity (Wildman–Crippen MR) is 144 cm³/mol. The maximum atomic E-state index is 13.9. The van der Waals surface area contributed by atoms with Gasteiger partial charge in [0, 0.05) is 42.1 Å². The van der Waals surface area contributed by atoms with Gasteiger partial charge < -0.3 is 20.1 Å². The van der Waals surface area contributed by atoms with E-state index in [0.717, 1.165) is 27.4 Å².